The molecule has 1 unspecified atom stereocenters. The van der Waals surface area contributed by atoms with Gasteiger partial charge in [-0.2, -0.15) is 0 Å². The van der Waals surface area contributed by atoms with Gasteiger partial charge >= 0.3 is 0 Å². The van der Waals surface area contributed by atoms with Gasteiger partial charge in [-0.1, -0.05) is 190 Å². The normalized spacial score (nSPS) is 16.2. The fraction of sp³-hybridized carbons (Fsp3) is 0.0690. The van der Waals surface area contributed by atoms with Gasteiger partial charge in [0.15, 0.2) is 0 Å². The van der Waals surface area contributed by atoms with Crippen molar-refractivity contribution >= 4 is 82.2 Å². The number of rotatable bonds is 7. The van der Waals surface area contributed by atoms with Crippen molar-refractivity contribution in [2.24, 2.45) is 0 Å². The number of fused-ring (bicyclic) bond motifs is 10. The average molecular weight is 786 g/mol. The lowest BCUT2D eigenvalue weighted by Gasteiger charge is -2.46. The van der Waals surface area contributed by atoms with Crippen LogP contribution in [0, 0.1) is 12.3 Å². The lowest BCUT2D eigenvalue weighted by molar-refractivity contribution is 0.773. The third-order valence-electron chi connectivity index (χ3n) is 12.2. The topological polar surface area (TPSA) is 3.24 Å². The van der Waals surface area contributed by atoms with Crippen LogP contribution < -0.4 is 15.3 Å². The van der Waals surface area contributed by atoms with Crippen LogP contribution >= 0.6 is 11.3 Å². The number of terminal acetylenes is 1. The Labute approximate surface area is 355 Å². The number of nitrogens with zero attached hydrogens (tertiary/aromatic N) is 1. The standard InChI is InChI=1S/C56H37NS.C2H6/c1-3-5-7-28-49-47-35-41(36-48-53-50(56(49,54(47)48)40-22-8-6-9-23-40)31-30-46-45-27-16-17-29-52(45)58-55(46)53)57(33-32-38-20-11-10-19-37(38)18-4-2)51-34-39-21-12-13-24-42(39)43-25-14-15-26-44(43)51;1-2/h2-3,5-32,34-36H,1,33H2;1-2H3/b7-5-,37-18-,38-32-,49-28+;. The Balaban J connectivity index is 0.00000213. The molecule has 0 saturated carbocycles. The number of anilines is 2. The van der Waals surface area contributed by atoms with E-state index in [1.54, 1.807) is 0 Å². The van der Waals surface area contributed by atoms with E-state index < -0.39 is 5.41 Å². The molecular weight excluding hydrogens is 743 g/mol. The van der Waals surface area contributed by atoms with Crippen LogP contribution in [0.25, 0.3) is 70.6 Å². The second-order valence-corrected chi connectivity index (χ2v) is 16.2. The highest BCUT2D eigenvalue weighted by Crippen LogP contribution is 2.69. The minimum Gasteiger partial charge on any atom is -0.337 e. The number of allylic oxidation sites excluding steroid dienone is 5. The van der Waals surface area contributed by atoms with Gasteiger partial charge in [-0.3, -0.25) is 0 Å². The van der Waals surface area contributed by atoms with E-state index in [1.807, 2.05) is 49.5 Å². The molecule has 1 heterocycles. The zero-order valence-corrected chi connectivity index (χ0v) is 34.6. The number of hydrogen-bond acceptors (Lipinski definition) is 2. The van der Waals surface area contributed by atoms with Gasteiger partial charge in [-0.05, 0) is 90.3 Å². The molecule has 2 aliphatic carbocycles. The molecule has 8 aromatic carbocycles. The van der Waals surface area contributed by atoms with E-state index in [0.29, 0.717) is 6.54 Å². The molecule has 1 nitrogen and oxygen atoms in total. The summed E-state index contributed by atoms with van der Waals surface area (Å²) in [6.07, 6.45) is 18.4. The molecule has 1 atom stereocenters. The summed E-state index contributed by atoms with van der Waals surface area (Å²) in [5.74, 6) is 2.76. The Morgan fingerprint density at radius 3 is 2.15 bits per heavy atom. The molecule has 9 aromatic rings. The molecule has 0 bridgehead atoms. The van der Waals surface area contributed by atoms with Gasteiger partial charge in [-0.25, -0.2) is 0 Å². The van der Waals surface area contributed by atoms with Crippen molar-refractivity contribution in [2.75, 3.05) is 11.4 Å². The van der Waals surface area contributed by atoms with E-state index in [-0.39, 0.29) is 0 Å². The summed E-state index contributed by atoms with van der Waals surface area (Å²) in [6, 6.07) is 58.0. The molecule has 60 heavy (non-hydrogen) atoms. The molecule has 11 rings (SSSR count). The van der Waals surface area contributed by atoms with Gasteiger partial charge < -0.3 is 4.90 Å². The first-order valence-corrected chi connectivity index (χ1v) is 21.6. The molecule has 0 spiro atoms. The number of thiophene rings is 1. The molecule has 2 aliphatic rings. The summed E-state index contributed by atoms with van der Waals surface area (Å²) in [4.78, 5) is 2.51. The van der Waals surface area contributed by atoms with E-state index >= 15 is 0 Å². The van der Waals surface area contributed by atoms with E-state index in [9.17, 15) is 0 Å². The highest BCUT2D eigenvalue weighted by atomic mass is 32.1. The van der Waals surface area contributed by atoms with E-state index in [4.69, 9.17) is 6.42 Å². The minimum atomic E-state index is -0.397. The van der Waals surface area contributed by atoms with Crippen LogP contribution in [0.15, 0.2) is 189 Å². The fourth-order valence-electron chi connectivity index (χ4n) is 9.82. The van der Waals surface area contributed by atoms with E-state index in [1.165, 1.54) is 86.4 Å². The fourth-order valence-corrected chi connectivity index (χ4v) is 11.1. The lowest BCUT2D eigenvalue weighted by Crippen LogP contribution is -2.38. The maximum absolute atomic E-state index is 5.82. The smallest absolute Gasteiger partial charge is 0.0725 e. The van der Waals surface area contributed by atoms with Gasteiger partial charge in [0.05, 0.1) is 5.41 Å². The van der Waals surface area contributed by atoms with Crippen LogP contribution in [0.4, 0.5) is 11.4 Å². The van der Waals surface area contributed by atoms with Crippen LogP contribution in [-0.4, -0.2) is 6.54 Å². The highest BCUT2D eigenvalue weighted by molar-refractivity contribution is 7.26. The largest absolute Gasteiger partial charge is 0.337 e. The summed E-state index contributed by atoms with van der Waals surface area (Å²) in [5, 5.41) is 9.70. The van der Waals surface area contributed by atoms with Crippen LogP contribution in [0.1, 0.15) is 36.1 Å². The third kappa shape index (κ3) is 5.55. The van der Waals surface area contributed by atoms with E-state index in [0.717, 1.165) is 16.1 Å². The Morgan fingerprint density at radius 1 is 0.667 bits per heavy atom. The first-order chi connectivity index (χ1) is 29.7. The van der Waals surface area contributed by atoms with E-state index in [2.05, 4.69) is 187 Å². The molecule has 0 amide bonds. The van der Waals surface area contributed by atoms with Crippen LogP contribution in [0.2, 0.25) is 0 Å². The first-order valence-electron chi connectivity index (χ1n) is 20.8. The van der Waals surface area contributed by atoms with Crippen molar-refractivity contribution in [3.8, 4) is 23.5 Å². The second-order valence-electron chi connectivity index (χ2n) is 15.1. The summed E-state index contributed by atoms with van der Waals surface area (Å²) in [5.41, 5.74) is 11.2. The molecule has 0 aliphatic heterocycles. The van der Waals surface area contributed by atoms with Gasteiger partial charge in [0, 0.05) is 49.0 Å². The Kier molecular flexibility index (Phi) is 9.41. The quantitative estimate of drug-likeness (QED) is 0.0884. The second kappa shape index (κ2) is 15.2. The van der Waals surface area contributed by atoms with Crippen molar-refractivity contribution in [2.45, 2.75) is 19.3 Å². The molecule has 286 valence electrons. The summed E-state index contributed by atoms with van der Waals surface area (Å²) < 4.78 is 2.66. The monoisotopic (exact) mass is 785 g/mol. The predicted octanol–water partition coefficient (Wildman–Crippen LogP) is 13.9. The van der Waals surface area contributed by atoms with Crippen molar-refractivity contribution in [1.82, 2.24) is 0 Å². The lowest BCUT2D eigenvalue weighted by atomic mass is 9.55. The number of benzene rings is 8. The molecule has 0 saturated heterocycles. The summed E-state index contributed by atoms with van der Waals surface area (Å²) in [6.45, 7) is 8.64. The third-order valence-corrected chi connectivity index (χ3v) is 13.4. The van der Waals surface area contributed by atoms with Crippen molar-refractivity contribution in [1.29, 1.82) is 0 Å². The predicted molar refractivity (Wildman–Crippen MR) is 262 cm³/mol. The van der Waals surface area contributed by atoms with Gasteiger partial charge in [0.1, 0.15) is 0 Å². The zero-order valence-electron chi connectivity index (χ0n) is 33.8. The van der Waals surface area contributed by atoms with Crippen LogP contribution in [-0.2, 0) is 5.41 Å². The maximum Gasteiger partial charge on any atom is 0.0725 e. The van der Waals surface area contributed by atoms with Crippen molar-refractivity contribution in [3.63, 3.8) is 0 Å². The van der Waals surface area contributed by atoms with Crippen molar-refractivity contribution in [3.05, 3.63) is 221 Å². The SMILES string of the molecule is C#C/C=c1/cccc/c1=C/CN(c1cc2c3c(c1)-c1c(ccc4c1sc1ccccc14)C3(c1ccccc1)/C2=C/C=C\C=C)c1cc2ccccc2c2ccccc12.CC. The first kappa shape index (κ1) is 37.1. The van der Waals surface area contributed by atoms with Crippen LogP contribution in [0.3, 0.4) is 0 Å². The maximum atomic E-state index is 5.82. The molecule has 2 heteroatoms. The average Bonchev–Trinajstić information content (AvgIpc) is 3.82. The van der Waals surface area contributed by atoms with Crippen molar-refractivity contribution < 1.29 is 0 Å². The summed E-state index contributed by atoms with van der Waals surface area (Å²) >= 11 is 1.91. The summed E-state index contributed by atoms with van der Waals surface area (Å²) in [7, 11) is 0. The van der Waals surface area contributed by atoms with Gasteiger partial charge in [0.2, 0.25) is 0 Å². The Bertz CT molecular complexity index is 3410. The molecular formula is C58H43NS. The zero-order chi connectivity index (χ0) is 40.8. The Morgan fingerprint density at radius 2 is 1.35 bits per heavy atom. The molecule has 0 N–H and O–H groups in total. The Hall–Kier alpha value is -7.18. The highest BCUT2D eigenvalue weighted by Gasteiger charge is 2.57. The number of hydrogen-bond donors (Lipinski definition) is 0. The van der Waals surface area contributed by atoms with Gasteiger partial charge in [-0.15, -0.1) is 17.8 Å². The molecule has 0 radical (unpaired) electrons. The molecule has 0 fully saturated rings. The minimum absolute atomic E-state index is 0.397. The van der Waals surface area contributed by atoms with Gasteiger partial charge in [0.25, 0.3) is 0 Å². The van der Waals surface area contributed by atoms with Crippen LogP contribution in [0.5, 0.6) is 0 Å². The molecule has 1 aromatic heterocycles.